The minimum atomic E-state index is -0.193. The predicted molar refractivity (Wildman–Crippen MR) is 319 cm³/mol. The Morgan fingerprint density at radius 1 is 0.280 bits per heavy atom. The van der Waals surface area contributed by atoms with Gasteiger partial charge in [0.1, 0.15) is 0 Å². The second-order valence-corrected chi connectivity index (χ2v) is 22.2. The molecule has 0 saturated heterocycles. The van der Waals surface area contributed by atoms with Gasteiger partial charge in [0.25, 0.3) is 11.8 Å². The minimum Gasteiger partial charge on any atom is -0.490 e. The Morgan fingerprint density at radius 3 is 0.760 bits per heavy atom. The first-order valence-corrected chi connectivity index (χ1v) is 31.3. The molecule has 5 aromatic rings. The monoisotopic (exact) mass is 1030 g/mol. The molecule has 7 nitrogen and oxygen atoms in total. The quantitative estimate of drug-likeness (QED) is 0.0168. The fourth-order valence-corrected chi connectivity index (χ4v) is 11.2. The largest absolute Gasteiger partial charge is 0.490 e. The van der Waals surface area contributed by atoms with Gasteiger partial charge in [0, 0.05) is 6.54 Å². The van der Waals surface area contributed by atoms with Gasteiger partial charge >= 0.3 is 0 Å². The van der Waals surface area contributed by atoms with Gasteiger partial charge in [-0.25, -0.2) is 0 Å². The summed E-state index contributed by atoms with van der Waals surface area (Å²) in [5.74, 6) is 2.75. The van der Waals surface area contributed by atoms with Crippen molar-refractivity contribution in [2.75, 3.05) is 33.0 Å². The van der Waals surface area contributed by atoms with Crippen molar-refractivity contribution >= 4 is 54.9 Å². The summed E-state index contributed by atoms with van der Waals surface area (Å²) in [6.07, 6.45) is 41.4. The van der Waals surface area contributed by atoms with Gasteiger partial charge in [-0.3, -0.25) is 14.5 Å². The van der Waals surface area contributed by atoms with Gasteiger partial charge in [0.15, 0.2) is 23.0 Å². The molecule has 414 valence electrons. The molecule has 1 aliphatic rings. The first-order valence-electron chi connectivity index (χ1n) is 31.3. The van der Waals surface area contributed by atoms with Gasteiger partial charge in [-0.15, -0.1) is 0 Å². The van der Waals surface area contributed by atoms with Crippen LogP contribution in [0.4, 0.5) is 0 Å². The van der Waals surface area contributed by atoms with E-state index in [9.17, 15) is 9.59 Å². The molecule has 0 N–H and O–H groups in total. The Balaban J connectivity index is 1.41. The number of carbonyl (C=O) groups excluding carboxylic acids is 2. The molecule has 0 fully saturated rings. The number of ether oxygens (including phenoxy) is 4. The van der Waals surface area contributed by atoms with Crippen molar-refractivity contribution in [2.24, 2.45) is 0 Å². The summed E-state index contributed by atoms with van der Waals surface area (Å²) in [7, 11) is 0. The smallest absolute Gasteiger partial charge is 0.261 e. The molecule has 0 spiro atoms. The highest BCUT2D eigenvalue weighted by Crippen LogP contribution is 2.46. The molecule has 0 aliphatic carbocycles. The summed E-state index contributed by atoms with van der Waals surface area (Å²) in [6, 6.07) is 17.3. The summed E-state index contributed by atoms with van der Waals surface area (Å²) in [5, 5.41) is 8.30. The fraction of sp³-hybridized carbons (Fsp3) is 0.647. The molecule has 2 amide bonds. The predicted octanol–water partition coefficient (Wildman–Crippen LogP) is 20.8. The zero-order valence-corrected chi connectivity index (χ0v) is 48.1. The van der Waals surface area contributed by atoms with Crippen LogP contribution in [0.3, 0.4) is 0 Å². The van der Waals surface area contributed by atoms with E-state index in [1.54, 1.807) is 0 Å². The van der Waals surface area contributed by atoms with Gasteiger partial charge < -0.3 is 18.9 Å². The summed E-state index contributed by atoms with van der Waals surface area (Å²) in [5.41, 5.74) is 0.989. The maximum Gasteiger partial charge on any atom is 0.261 e. The lowest BCUT2D eigenvalue weighted by Crippen LogP contribution is -2.30. The van der Waals surface area contributed by atoms with Gasteiger partial charge in [0.2, 0.25) is 0 Å². The van der Waals surface area contributed by atoms with Gasteiger partial charge in [-0.1, -0.05) is 221 Å². The Bertz CT molecular complexity index is 2310. The maximum atomic E-state index is 13.8. The van der Waals surface area contributed by atoms with Crippen molar-refractivity contribution < 1.29 is 28.5 Å². The second-order valence-electron chi connectivity index (χ2n) is 22.2. The molecular weight excluding hydrogens is 927 g/mol. The summed E-state index contributed by atoms with van der Waals surface area (Å²) >= 11 is 0. The van der Waals surface area contributed by atoms with E-state index < -0.39 is 0 Å². The lowest BCUT2D eigenvalue weighted by molar-refractivity contribution is 0.0652. The zero-order valence-electron chi connectivity index (χ0n) is 48.1. The van der Waals surface area contributed by atoms with Gasteiger partial charge in [-0.05, 0) is 124 Å². The van der Waals surface area contributed by atoms with E-state index in [0.29, 0.717) is 44.1 Å². The third-order valence-corrected chi connectivity index (χ3v) is 15.9. The van der Waals surface area contributed by atoms with Crippen molar-refractivity contribution in [3.8, 4) is 23.0 Å². The SMILES string of the molecule is CCCCCCCCCCOc1cc2c3cc(OCCCCCCCCCC)c(OCCCCCCCCCC)cc3c3cc4cc5c(cc4cc3c2cc1OCCCCCCCCCC)C(=O)N(CCCC)C5=O. The number of fused-ring (bicyclic) bond motifs is 8. The molecule has 0 bridgehead atoms. The molecule has 6 rings (SSSR count). The normalized spacial score (nSPS) is 12.6. The van der Waals surface area contributed by atoms with E-state index in [4.69, 9.17) is 18.9 Å². The van der Waals surface area contributed by atoms with E-state index >= 15 is 0 Å². The van der Waals surface area contributed by atoms with Crippen LogP contribution in [-0.4, -0.2) is 49.7 Å². The van der Waals surface area contributed by atoms with Crippen LogP contribution in [0.15, 0.2) is 48.5 Å². The maximum absolute atomic E-state index is 13.8. The molecule has 0 unspecified atom stereocenters. The third kappa shape index (κ3) is 18.3. The molecule has 5 aromatic carbocycles. The zero-order chi connectivity index (χ0) is 52.9. The average Bonchev–Trinajstić information content (AvgIpc) is 3.66. The molecule has 75 heavy (non-hydrogen) atoms. The van der Waals surface area contributed by atoms with Crippen LogP contribution in [0.25, 0.3) is 43.1 Å². The van der Waals surface area contributed by atoms with Crippen LogP contribution in [-0.2, 0) is 0 Å². The molecule has 0 atom stereocenters. The minimum absolute atomic E-state index is 0.193. The highest BCUT2D eigenvalue weighted by molar-refractivity contribution is 6.29. The summed E-state index contributed by atoms with van der Waals surface area (Å²) < 4.78 is 27.2. The molecular formula is C68H101NO6. The molecule has 0 radical (unpaired) electrons. The second kappa shape index (κ2) is 34.3. The van der Waals surface area contributed by atoms with Crippen molar-refractivity contribution in [2.45, 2.75) is 253 Å². The topological polar surface area (TPSA) is 74.3 Å². The highest BCUT2D eigenvalue weighted by Gasteiger charge is 2.35. The van der Waals surface area contributed by atoms with Crippen LogP contribution in [0, 0.1) is 0 Å². The lowest BCUT2D eigenvalue weighted by atomic mass is 9.90. The number of unbranched alkanes of at least 4 members (excludes halogenated alkanes) is 29. The van der Waals surface area contributed by atoms with Crippen LogP contribution < -0.4 is 18.9 Å². The number of hydrogen-bond donors (Lipinski definition) is 0. The van der Waals surface area contributed by atoms with Crippen LogP contribution in [0.2, 0.25) is 0 Å². The molecule has 0 aromatic heterocycles. The number of imide groups is 1. The highest BCUT2D eigenvalue weighted by atomic mass is 16.5. The number of amides is 2. The van der Waals surface area contributed by atoms with Crippen LogP contribution in [0.1, 0.15) is 274 Å². The van der Waals surface area contributed by atoms with Crippen molar-refractivity contribution in [1.29, 1.82) is 0 Å². The molecule has 1 aliphatic heterocycles. The molecule has 7 heteroatoms. The van der Waals surface area contributed by atoms with E-state index in [1.807, 2.05) is 12.1 Å². The van der Waals surface area contributed by atoms with Gasteiger partial charge in [-0.2, -0.15) is 0 Å². The van der Waals surface area contributed by atoms with E-state index in [1.165, 1.54) is 159 Å². The first kappa shape index (κ1) is 59.7. The van der Waals surface area contributed by atoms with E-state index in [2.05, 4.69) is 71.0 Å². The Kier molecular flexibility index (Phi) is 27.3. The Hall–Kier alpha value is -4.52. The van der Waals surface area contributed by atoms with Crippen molar-refractivity contribution in [1.82, 2.24) is 4.90 Å². The number of nitrogens with zero attached hydrogens (tertiary/aromatic N) is 1. The number of benzene rings is 5. The molecule has 0 saturated carbocycles. The first-order chi connectivity index (χ1) is 36.9. The van der Waals surface area contributed by atoms with Gasteiger partial charge in [0.05, 0.1) is 37.6 Å². The number of carbonyl (C=O) groups is 2. The van der Waals surface area contributed by atoms with Crippen molar-refractivity contribution in [3.63, 3.8) is 0 Å². The Labute approximate surface area is 454 Å². The molecule has 1 heterocycles. The summed E-state index contributed by atoms with van der Waals surface area (Å²) in [4.78, 5) is 29.0. The third-order valence-electron chi connectivity index (χ3n) is 15.9. The van der Waals surface area contributed by atoms with Crippen LogP contribution in [0.5, 0.6) is 23.0 Å². The number of hydrogen-bond acceptors (Lipinski definition) is 6. The lowest BCUT2D eigenvalue weighted by Gasteiger charge is -2.20. The average molecular weight is 1030 g/mol. The van der Waals surface area contributed by atoms with E-state index in [0.717, 1.165) is 130 Å². The standard InChI is InChI=1S/C68H101NO6/c1-6-11-16-20-24-28-32-36-41-72-63-49-57-55-45-53-47-61-62(68(71)69(67(61)70)40-15-10-5)48-54(53)46-56(55)58-50-64(73-42-37-33-29-25-21-17-12-7-2)66(75-44-39-35-31-27-23-19-14-9-4)52-60(58)59(57)51-65(63)74-43-38-34-30-26-22-18-13-8-3/h45-52H,6-44H2,1-5H3. The van der Waals surface area contributed by atoms with Crippen molar-refractivity contribution in [3.05, 3.63) is 59.7 Å². The fourth-order valence-electron chi connectivity index (χ4n) is 11.2. The van der Waals surface area contributed by atoms with Crippen LogP contribution >= 0.6 is 0 Å². The van der Waals surface area contributed by atoms with E-state index in [-0.39, 0.29) is 11.8 Å². The summed E-state index contributed by atoms with van der Waals surface area (Å²) in [6.45, 7) is 14.2. The Morgan fingerprint density at radius 2 is 0.507 bits per heavy atom. The number of rotatable bonds is 43.